The van der Waals surface area contributed by atoms with Crippen molar-refractivity contribution in [2.75, 3.05) is 26.2 Å². The van der Waals surface area contributed by atoms with E-state index in [2.05, 4.69) is 34.6 Å². The molecule has 0 unspecified atom stereocenters. The summed E-state index contributed by atoms with van der Waals surface area (Å²) in [6.07, 6.45) is 0.222. The quantitative estimate of drug-likeness (QED) is 0.785. The summed E-state index contributed by atoms with van der Waals surface area (Å²) in [7, 11) is 0. The molecule has 1 saturated heterocycles. The number of ether oxygens (including phenoxy) is 1. The highest BCUT2D eigenvalue weighted by Gasteiger charge is 2.19. The Bertz CT molecular complexity index is 511. The summed E-state index contributed by atoms with van der Waals surface area (Å²) in [5.74, 6) is 0.0857. The topological polar surface area (TPSA) is 53.6 Å². The fourth-order valence-electron chi connectivity index (χ4n) is 2.65. The van der Waals surface area contributed by atoms with Crippen LogP contribution in [0.15, 0.2) is 24.3 Å². The highest BCUT2D eigenvalue weighted by molar-refractivity contribution is 5.85. The number of piperazine rings is 1. The largest absolute Gasteiger partial charge is 0.374 e. The SMILES string of the molecule is CC(C)OCc1cccc(CNC(=O)CN2CCNC[C@@H]2C)c1.Cl. The third-order valence-corrected chi connectivity index (χ3v) is 4.05. The molecule has 1 aliphatic heterocycles. The maximum atomic E-state index is 12.1. The lowest BCUT2D eigenvalue weighted by atomic mass is 10.1. The molecule has 0 saturated carbocycles. The third-order valence-electron chi connectivity index (χ3n) is 4.05. The second kappa shape index (κ2) is 10.7. The van der Waals surface area contributed by atoms with Crippen LogP contribution in [0.25, 0.3) is 0 Å². The second-order valence-corrected chi connectivity index (χ2v) is 6.48. The molecule has 1 fully saturated rings. The van der Waals surface area contributed by atoms with Crippen LogP contribution >= 0.6 is 12.4 Å². The number of rotatable bonds is 7. The van der Waals surface area contributed by atoms with Crippen molar-refractivity contribution in [2.45, 2.75) is 46.1 Å². The van der Waals surface area contributed by atoms with Crippen LogP contribution < -0.4 is 10.6 Å². The van der Waals surface area contributed by atoms with Crippen molar-refractivity contribution in [3.63, 3.8) is 0 Å². The van der Waals surface area contributed by atoms with Gasteiger partial charge in [-0.15, -0.1) is 12.4 Å². The summed E-state index contributed by atoms with van der Waals surface area (Å²) in [6, 6.07) is 8.60. The molecule has 1 aromatic carbocycles. The molecule has 1 heterocycles. The summed E-state index contributed by atoms with van der Waals surface area (Å²) < 4.78 is 5.62. The molecule has 1 aliphatic rings. The highest BCUT2D eigenvalue weighted by Crippen LogP contribution is 2.08. The van der Waals surface area contributed by atoms with Gasteiger partial charge in [-0.2, -0.15) is 0 Å². The predicted molar refractivity (Wildman–Crippen MR) is 99.4 cm³/mol. The van der Waals surface area contributed by atoms with Gasteiger partial charge in [-0.05, 0) is 31.9 Å². The zero-order chi connectivity index (χ0) is 16.7. The number of amides is 1. The van der Waals surface area contributed by atoms with Crippen LogP contribution in [0, 0.1) is 0 Å². The fourth-order valence-corrected chi connectivity index (χ4v) is 2.65. The molecule has 1 aromatic rings. The number of hydrogen-bond donors (Lipinski definition) is 2. The van der Waals surface area contributed by atoms with E-state index in [-0.39, 0.29) is 24.4 Å². The Morgan fingerprint density at radius 2 is 2.17 bits per heavy atom. The van der Waals surface area contributed by atoms with Crippen LogP contribution in [0.5, 0.6) is 0 Å². The molecule has 0 aliphatic carbocycles. The van der Waals surface area contributed by atoms with Gasteiger partial charge in [0.15, 0.2) is 0 Å². The van der Waals surface area contributed by atoms with Gasteiger partial charge in [-0.3, -0.25) is 9.69 Å². The van der Waals surface area contributed by atoms with Gasteiger partial charge >= 0.3 is 0 Å². The van der Waals surface area contributed by atoms with Gasteiger partial charge in [0, 0.05) is 32.2 Å². The van der Waals surface area contributed by atoms with Gasteiger partial charge in [0.25, 0.3) is 0 Å². The lowest BCUT2D eigenvalue weighted by Crippen LogP contribution is -2.52. The number of carbonyl (C=O) groups excluding carboxylic acids is 1. The minimum absolute atomic E-state index is 0. The first kappa shape index (κ1) is 20.9. The lowest BCUT2D eigenvalue weighted by molar-refractivity contribution is -0.123. The van der Waals surface area contributed by atoms with Crippen LogP contribution in [0.1, 0.15) is 31.9 Å². The van der Waals surface area contributed by atoms with Gasteiger partial charge in [0.1, 0.15) is 0 Å². The van der Waals surface area contributed by atoms with Crippen molar-refractivity contribution < 1.29 is 9.53 Å². The minimum atomic E-state index is 0. The molecule has 0 radical (unpaired) electrons. The molecule has 24 heavy (non-hydrogen) atoms. The van der Waals surface area contributed by atoms with Crippen molar-refractivity contribution in [3.8, 4) is 0 Å². The van der Waals surface area contributed by atoms with Gasteiger partial charge in [-0.1, -0.05) is 24.3 Å². The first-order valence-corrected chi connectivity index (χ1v) is 8.45. The average molecular weight is 356 g/mol. The summed E-state index contributed by atoms with van der Waals surface area (Å²) in [5.41, 5.74) is 2.25. The van der Waals surface area contributed by atoms with E-state index in [9.17, 15) is 4.79 Å². The first-order chi connectivity index (χ1) is 11.0. The number of carbonyl (C=O) groups is 1. The molecule has 0 aromatic heterocycles. The summed E-state index contributed by atoms with van der Waals surface area (Å²) in [6.45, 7) is 10.7. The number of nitrogens with zero attached hydrogens (tertiary/aromatic N) is 1. The Kier molecular flexibility index (Phi) is 9.29. The monoisotopic (exact) mass is 355 g/mol. The Hall–Kier alpha value is -1.14. The molecule has 0 bridgehead atoms. The van der Waals surface area contributed by atoms with Crippen LogP contribution in [0.4, 0.5) is 0 Å². The Morgan fingerprint density at radius 3 is 2.88 bits per heavy atom. The maximum Gasteiger partial charge on any atom is 0.234 e. The molecule has 2 N–H and O–H groups in total. The van der Waals surface area contributed by atoms with E-state index < -0.39 is 0 Å². The molecular formula is C18H30ClN3O2. The number of hydrogen-bond acceptors (Lipinski definition) is 4. The Labute approximate surface area is 151 Å². The van der Waals surface area contributed by atoms with E-state index >= 15 is 0 Å². The molecule has 1 atom stereocenters. The molecule has 1 amide bonds. The van der Waals surface area contributed by atoms with Crippen molar-refractivity contribution in [3.05, 3.63) is 35.4 Å². The van der Waals surface area contributed by atoms with E-state index in [1.807, 2.05) is 26.0 Å². The molecule has 0 spiro atoms. The van der Waals surface area contributed by atoms with E-state index in [1.54, 1.807) is 0 Å². The van der Waals surface area contributed by atoms with Crippen molar-refractivity contribution in [1.29, 1.82) is 0 Å². The molecule has 136 valence electrons. The fraction of sp³-hybridized carbons (Fsp3) is 0.611. The summed E-state index contributed by atoms with van der Waals surface area (Å²) in [4.78, 5) is 14.4. The smallest absolute Gasteiger partial charge is 0.234 e. The van der Waals surface area contributed by atoms with Crippen LogP contribution in [0.3, 0.4) is 0 Å². The molecule has 6 heteroatoms. The van der Waals surface area contributed by atoms with Gasteiger partial charge in [0.05, 0.1) is 19.3 Å². The van der Waals surface area contributed by atoms with Crippen LogP contribution in [-0.4, -0.2) is 49.1 Å². The second-order valence-electron chi connectivity index (χ2n) is 6.48. The summed E-state index contributed by atoms with van der Waals surface area (Å²) >= 11 is 0. The molecule has 2 rings (SSSR count). The maximum absolute atomic E-state index is 12.1. The van der Waals surface area contributed by atoms with E-state index in [1.165, 1.54) is 0 Å². The van der Waals surface area contributed by atoms with Crippen molar-refractivity contribution in [1.82, 2.24) is 15.5 Å². The predicted octanol–water partition coefficient (Wildman–Crippen LogP) is 1.94. The summed E-state index contributed by atoms with van der Waals surface area (Å²) in [5, 5.41) is 6.35. The number of halogens is 1. The highest BCUT2D eigenvalue weighted by atomic mass is 35.5. The molecule has 5 nitrogen and oxygen atoms in total. The van der Waals surface area contributed by atoms with Crippen molar-refractivity contribution in [2.24, 2.45) is 0 Å². The van der Waals surface area contributed by atoms with E-state index in [0.29, 0.717) is 25.7 Å². The number of nitrogens with one attached hydrogen (secondary N) is 2. The normalized spacial score (nSPS) is 18.2. The van der Waals surface area contributed by atoms with E-state index in [0.717, 1.165) is 30.8 Å². The minimum Gasteiger partial charge on any atom is -0.374 e. The standard InChI is InChI=1S/C18H29N3O2.ClH/c1-14(2)23-13-17-6-4-5-16(9-17)11-20-18(22)12-21-8-7-19-10-15(21)3;/h4-6,9,14-15,19H,7-8,10-13H2,1-3H3,(H,20,22);1H/t15-;/m0./s1. The first-order valence-electron chi connectivity index (χ1n) is 8.45. The molecular weight excluding hydrogens is 326 g/mol. The zero-order valence-electron chi connectivity index (χ0n) is 14.9. The Morgan fingerprint density at radius 1 is 1.42 bits per heavy atom. The van der Waals surface area contributed by atoms with Gasteiger partial charge in [-0.25, -0.2) is 0 Å². The zero-order valence-corrected chi connectivity index (χ0v) is 15.7. The van der Waals surface area contributed by atoms with Gasteiger partial charge < -0.3 is 15.4 Å². The number of benzene rings is 1. The van der Waals surface area contributed by atoms with Crippen molar-refractivity contribution >= 4 is 18.3 Å². The Balaban J connectivity index is 0.00000288. The third kappa shape index (κ3) is 7.18. The van der Waals surface area contributed by atoms with Gasteiger partial charge in [0.2, 0.25) is 5.91 Å². The van der Waals surface area contributed by atoms with Crippen LogP contribution in [0.2, 0.25) is 0 Å². The van der Waals surface area contributed by atoms with E-state index in [4.69, 9.17) is 4.74 Å². The average Bonchev–Trinajstić information content (AvgIpc) is 2.54. The van der Waals surface area contributed by atoms with Crippen LogP contribution in [-0.2, 0) is 22.7 Å². The lowest BCUT2D eigenvalue weighted by Gasteiger charge is -2.33.